The molecule has 1 aliphatic rings. The van der Waals surface area contributed by atoms with Gasteiger partial charge in [0.05, 0.1) is 21.4 Å². The number of urea groups is 1. The number of carbonyl (C=O) groups is 2. The second kappa shape index (κ2) is 10.6. The van der Waals surface area contributed by atoms with E-state index in [-0.39, 0.29) is 18.5 Å². The topological polar surface area (TPSA) is 112 Å². The lowest BCUT2D eigenvalue weighted by atomic mass is 10.0. The molecule has 2 heterocycles. The predicted octanol–water partition coefficient (Wildman–Crippen LogP) is 3.76. The van der Waals surface area contributed by atoms with E-state index in [1.165, 1.54) is 23.3 Å². The van der Waals surface area contributed by atoms with Crippen molar-refractivity contribution < 1.29 is 26.8 Å². The molecule has 9 nitrogen and oxygen atoms in total. The maximum atomic E-state index is 13.9. The number of anilines is 2. The van der Waals surface area contributed by atoms with Gasteiger partial charge in [-0.15, -0.1) is 11.3 Å². The van der Waals surface area contributed by atoms with Gasteiger partial charge in [-0.25, -0.2) is 23.3 Å². The first kappa shape index (κ1) is 26.5. The Morgan fingerprint density at radius 2 is 1.85 bits per heavy atom. The average molecular weight is 572 g/mol. The van der Waals surface area contributed by atoms with Crippen LogP contribution in [0.1, 0.15) is 11.1 Å². The van der Waals surface area contributed by atoms with E-state index in [4.69, 9.17) is 0 Å². The first-order valence-electron chi connectivity index (χ1n) is 11.9. The fourth-order valence-corrected chi connectivity index (χ4v) is 6.33. The zero-order valence-electron chi connectivity index (χ0n) is 20.6. The van der Waals surface area contributed by atoms with Crippen molar-refractivity contribution in [3.05, 3.63) is 88.9 Å². The molecule has 0 saturated heterocycles. The molecular weight excluding hydrogens is 548 g/mol. The van der Waals surface area contributed by atoms with Crippen LogP contribution in [-0.4, -0.2) is 45.0 Å². The van der Waals surface area contributed by atoms with Crippen molar-refractivity contribution in [2.24, 2.45) is 0 Å². The number of halogens is 2. The third kappa shape index (κ3) is 5.68. The predicted molar refractivity (Wildman–Crippen MR) is 145 cm³/mol. The van der Waals surface area contributed by atoms with Gasteiger partial charge in [-0.1, -0.05) is 18.2 Å². The molecule has 3 amide bonds. The first-order valence-corrected chi connectivity index (χ1v) is 14.2. The highest BCUT2D eigenvalue weighted by atomic mass is 32.2. The normalized spacial score (nSPS) is 13.7. The van der Waals surface area contributed by atoms with Crippen molar-refractivity contribution >= 4 is 55.1 Å². The van der Waals surface area contributed by atoms with Gasteiger partial charge in [0.25, 0.3) is 0 Å². The summed E-state index contributed by atoms with van der Waals surface area (Å²) >= 11 is 1.43. The van der Waals surface area contributed by atoms with Gasteiger partial charge in [-0.05, 0) is 53.9 Å². The van der Waals surface area contributed by atoms with Gasteiger partial charge in [-0.3, -0.25) is 9.10 Å². The number of benzene rings is 3. The van der Waals surface area contributed by atoms with Crippen LogP contribution >= 0.6 is 11.3 Å². The van der Waals surface area contributed by atoms with Crippen LogP contribution in [0.25, 0.3) is 10.2 Å². The summed E-state index contributed by atoms with van der Waals surface area (Å²) in [5, 5.41) is 2.39. The van der Waals surface area contributed by atoms with Gasteiger partial charge >= 0.3 is 16.2 Å². The second-order valence-corrected chi connectivity index (χ2v) is 11.4. The van der Waals surface area contributed by atoms with Crippen LogP contribution in [0.5, 0.6) is 0 Å². The number of nitrogens with one attached hydrogen (secondary N) is 2. The summed E-state index contributed by atoms with van der Waals surface area (Å²) in [5.41, 5.74) is 4.19. The summed E-state index contributed by atoms with van der Waals surface area (Å²) in [6.45, 7) is 0.148. The fraction of sp³-hybridized carbons (Fsp3) is 0.192. The monoisotopic (exact) mass is 571 g/mol. The molecular formula is C26H23F2N5O4S2. The minimum atomic E-state index is -4.30. The van der Waals surface area contributed by atoms with Gasteiger partial charge in [-0.2, -0.15) is 8.42 Å². The van der Waals surface area contributed by atoms with Gasteiger partial charge in [0, 0.05) is 31.8 Å². The van der Waals surface area contributed by atoms with Crippen molar-refractivity contribution in [3.8, 4) is 0 Å². The smallest absolute Gasteiger partial charge is 0.325 e. The van der Waals surface area contributed by atoms with E-state index in [0.717, 1.165) is 26.7 Å². The molecule has 0 bridgehead atoms. The Labute approximate surface area is 227 Å². The Balaban J connectivity index is 1.38. The van der Waals surface area contributed by atoms with E-state index in [1.54, 1.807) is 48.0 Å². The number of carbonyl (C=O) groups excluding carboxylic acids is 2. The summed E-state index contributed by atoms with van der Waals surface area (Å²) in [5.74, 6) is -2.33. The molecule has 2 N–H and O–H groups in total. The number of hydrogen-bond donors (Lipinski definition) is 2. The number of para-hydroxylation sites is 1. The summed E-state index contributed by atoms with van der Waals surface area (Å²) in [7, 11) is -2.82. The number of rotatable bonds is 7. The summed E-state index contributed by atoms with van der Waals surface area (Å²) < 4.78 is 57.7. The van der Waals surface area contributed by atoms with E-state index in [9.17, 15) is 26.8 Å². The summed E-state index contributed by atoms with van der Waals surface area (Å²) in [6, 6.07) is 12.4. The largest absolute Gasteiger partial charge is 0.330 e. The summed E-state index contributed by atoms with van der Waals surface area (Å²) in [4.78, 5) is 32.0. The highest BCUT2D eigenvalue weighted by Crippen LogP contribution is 2.29. The molecule has 0 spiro atoms. The van der Waals surface area contributed by atoms with Crippen LogP contribution in [0.15, 0.2) is 66.2 Å². The molecule has 1 atom stereocenters. The molecule has 0 radical (unpaired) electrons. The molecule has 13 heteroatoms. The lowest BCUT2D eigenvalue weighted by molar-refractivity contribution is -0.120. The Kier molecular flexibility index (Phi) is 7.19. The van der Waals surface area contributed by atoms with E-state index < -0.39 is 39.8 Å². The van der Waals surface area contributed by atoms with Gasteiger partial charge in [0.1, 0.15) is 17.7 Å². The van der Waals surface area contributed by atoms with Crippen molar-refractivity contribution in [1.29, 1.82) is 0 Å². The minimum Gasteiger partial charge on any atom is -0.325 e. The van der Waals surface area contributed by atoms with E-state index in [2.05, 4.69) is 10.3 Å². The maximum absolute atomic E-state index is 13.9. The number of fused-ring (bicyclic) bond motifs is 2. The van der Waals surface area contributed by atoms with E-state index in [0.29, 0.717) is 29.4 Å². The number of amides is 3. The molecule has 39 heavy (non-hydrogen) atoms. The molecule has 3 aromatic carbocycles. The molecule has 0 fully saturated rings. The zero-order valence-corrected chi connectivity index (χ0v) is 22.2. The standard InChI is InChI=1S/C26H23F2N5O4S2/c1-32(20-6-7-24-21(14-20)29-15-38-24)25(34)22(12-16-10-18(27)13-19(28)11-16)30-26(35)31-39(36,37)33-9-8-17-4-2-3-5-23(17)33/h2-7,10-11,13-15,22H,8-9,12H2,1H3,(H2,30,31,35)/t22-/m0/s1. The van der Waals surface area contributed by atoms with Crippen molar-refractivity contribution in [2.45, 2.75) is 18.9 Å². The molecule has 4 aromatic rings. The molecule has 1 aliphatic heterocycles. The van der Waals surface area contributed by atoms with Gasteiger partial charge in [0.2, 0.25) is 5.91 Å². The van der Waals surface area contributed by atoms with Crippen LogP contribution in [0.4, 0.5) is 25.0 Å². The average Bonchev–Trinajstić information content (AvgIpc) is 3.53. The zero-order chi connectivity index (χ0) is 27.7. The van der Waals surface area contributed by atoms with Crippen LogP contribution in [-0.2, 0) is 27.8 Å². The lowest BCUT2D eigenvalue weighted by Gasteiger charge is -2.26. The third-order valence-corrected chi connectivity index (χ3v) is 8.57. The maximum Gasteiger partial charge on any atom is 0.330 e. The SMILES string of the molecule is CN(C(=O)[C@H](Cc1cc(F)cc(F)c1)NC(=O)NS(=O)(=O)N1CCc2ccccc21)c1ccc2scnc2c1. The Hall–Kier alpha value is -4.10. The number of nitrogens with zero attached hydrogens (tertiary/aromatic N) is 3. The number of aromatic nitrogens is 1. The molecule has 0 aliphatic carbocycles. The highest BCUT2D eigenvalue weighted by Gasteiger charge is 2.32. The number of thiazole rings is 1. The second-order valence-electron chi connectivity index (χ2n) is 8.97. The molecule has 0 unspecified atom stereocenters. The third-order valence-electron chi connectivity index (χ3n) is 6.35. The minimum absolute atomic E-state index is 0.103. The number of hydrogen-bond acceptors (Lipinski definition) is 6. The lowest BCUT2D eigenvalue weighted by Crippen LogP contribution is -2.54. The van der Waals surface area contributed by atoms with E-state index >= 15 is 0 Å². The molecule has 0 saturated carbocycles. The number of likely N-dealkylation sites (N-methyl/N-ethyl adjacent to an activating group) is 1. The van der Waals surface area contributed by atoms with Crippen LogP contribution in [0.2, 0.25) is 0 Å². The van der Waals surface area contributed by atoms with Crippen LogP contribution in [0.3, 0.4) is 0 Å². The molecule has 202 valence electrons. The Morgan fingerprint density at radius 1 is 1.10 bits per heavy atom. The molecule has 1 aromatic heterocycles. The highest BCUT2D eigenvalue weighted by molar-refractivity contribution is 7.91. The quantitative estimate of drug-likeness (QED) is 0.351. The molecule has 5 rings (SSSR count). The fourth-order valence-electron chi connectivity index (χ4n) is 4.50. The van der Waals surface area contributed by atoms with Gasteiger partial charge in [0.15, 0.2) is 0 Å². The Morgan fingerprint density at radius 3 is 2.62 bits per heavy atom. The van der Waals surface area contributed by atoms with Gasteiger partial charge < -0.3 is 10.2 Å². The van der Waals surface area contributed by atoms with Crippen LogP contribution in [0, 0.1) is 11.6 Å². The summed E-state index contributed by atoms with van der Waals surface area (Å²) in [6.07, 6.45) is 0.190. The van der Waals surface area contributed by atoms with E-state index in [1.807, 2.05) is 4.72 Å². The Bertz CT molecular complexity index is 1660. The van der Waals surface area contributed by atoms with Crippen molar-refractivity contribution in [2.75, 3.05) is 22.8 Å². The first-order chi connectivity index (χ1) is 18.6. The van der Waals surface area contributed by atoms with Crippen molar-refractivity contribution in [1.82, 2.24) is 15.0 Å². The van der Waals surface area contributed by atoms with Crippen LogP contribution < -0.4 is 19.2 Å². The van der Waals surface area contributed by atoms with Crippen molar-refractivity contribution in [3.63, 3.8) is 0 Å².